The van der Waals surface area contributed by atoms with Crippen LogP contribution in [0, 0.1) is 13.8 Å². The van der Waals surface area contributed by atoms with E-state index in [4.69, 9.17) is 14.6 Å². The fourth-order valence-electron chi connectivity index (χ4n) is 4.48. The van der Waals surface area contributed by atoms with Crippen molar-refractivity contribution in [2.75, 3.05) is 26.1 Å². The van der Waals surface area contributed by atoms with E-state index in [1.807, 2.05) is 82.3 Å². The third-order valence-electron chi connectivity index (χ3n) is 6.52. The van der Waals surface area contributed by atoms with Gasteiger partial charge in [0, 0.05) is 23.2 Å². The zero-order valence-corrected chi connectivity index (χ0v) is 23.2. The Morgan fingerprint density at radius 2 is 1.54 bits per heavy atom. The number of nitrogens with zero attached hydrogens (tertiary/aromatic N) is 3. The number of benzene rings is 3. The highest BCUT2D eigenvalue weighted by atomic mass is 16.5. The molecule has 3 aromatic carbocycles. The third kappa shape index (κ3) is 5.95. The van der Waals surface area contributed by atoms with Crippen LogP contribution in [0.2, 0.25) is 0 Å². The fraction of sp³-hybridized carbons (Fsp3) is 0.258. The maximum Gasteiger partial charge on any atom is 0.254 e. The van der Waals surface area contributed by atoms with Gasteiger partial charge in [0.1, 0.15) is 23.9 Å². The minimum absolute atomic E-state index is 0.151. The van der Waals surface area contributed by atoms with Crippen LogP contribution in [0.1, 0.15) is 35.5 Å². The number of ether oxygens (including phenoxy) is 2. The number of nitrogens with one attached hydrogen (secondary N) is 1. The van der Waals surface area contributed by atoms with Gasteiger partial charge >= 0.3 is 0 Å². The molecule has 39 heavy (non-hydrogen) atoms. The number of aryl methyl sites for hydroxylation is 2. The lowest BCUT2D eigenvalue weighted by Crippen LogP contribution is -2.42. The predicted molar refractivity (Wildman–Crippen MR) is 153 cm³/mol. The van der Waals surface area contributed by atoms with E-state index in [0.717, 1.165) is 28.1 Å². The maximum absolute atomic E-state index is 13.6. The summed E-state index contributed by atoms with van der Waals surface area (Å²) >= 11 is 0. The first-order valence-electron chi connectivity index (χ1n) is 12.8. The molecule has 4 rings (SSSR count). The van der Waals surface area contributed by atoms with Crippen molar-refractivity contribution in [1.29, 1.82) is 0 Å². The summed E-state index contributed by atoms with van der Waals surface area (Å²) < 4.78 is 12.4. The van der Waals surface area contributed by atoms with Crippen molar-refractivity contribution in [3.05, 3.63) is 89.6 Å². The standard InChI is InChI=1S/C31H34N4O4/c1-20(2)34(31(37)24-16-25(38-5)18-26(17-24)39-6)19-28(36)32-30-29(23-13-8-7-9-14-23)22(4)33-35(30)27-15-11-10-12-21(27)3/h7-18,20H,19H2,1-6H3,(H,32,36). The van der Waals surface area contributed by atoms with Crippen LogP contribution in [-0.2, 0) is 4.79 Å². The largest absolute Gasteiger partial charge is 0.497 e. The second-order valence-corrected chi connectivity index (χ2v) is 9.55. The Bertz CT molecular complexity index is 1460. The summed E-state index contributed by atoms with van der Waals surface area (Å²) in [7, 11) is 3.06. The number of amides is 2. The van der Waals surface area contributed by atoms with Gasteiger partial charge < -0.3 is 19.7 Å². The molecule has 4 aromatic rings. The Hall–Kier alpha value is -4.59. The van der Waals surface area contributed by atoms with E-state index >= 15 is 0 Å². The predicted octanol–water partition coefficient (Wildman–Crippen LogP) is 5.66. The van der Waals surface area contributed by atoms with Gasteiger partial charge in [0.15, 0.2) is 0 Å². The fourth-order valence-corrected chi connectivity index (χ4v) is 4.48. The summed E-state index contributed by atoms with van der Waals surface area (Å²) in [6.07, 6.45) is 0. The highest BCUT2D eigenvalue weighted by molar-refractivity contribution is 6.01. The van der Waals surface area contributed by atoms with Gasteiger partial charge in [-0.3, -0.25) is 9.59 Å². The summed E-state index contributed by atoms with van der Waals surface area (Å²) in [6, 6.07) is 22.4. The van der Waals surface area contributed by atoms with Crippen molar-refractivity contribution in [3.63, 3.8) is 0 Å². The van der Waals surface area contributed by atoms with Crippen LogP contribution in [0.15, 0.2) is 72.8 Å². The first-order chi connectivity index (χ1) is 18.7. The molecule has 202 valence electrons. The number of para-hydroxylation sites is 1. The average Bonchev–Trinajstić information content (AvgIpc) is 3.26. The van der Waals surface area contributed by atoms with Crippen molar-refractivity contribution in [1.82, 2.24) is 14.7 Å². The smallest absolute Gasteiger partial charge is 0.254 e. The number of aromatic nitrogens is 2. The van der Waals surface area contributed by atoms with Gasteiger partial charge in [-0.15, -0.1) is 0 Å². The number of hydrogen-bond donors (Lipinski definition) is 1. The Morgan fingerprint density at radius 3 is 2.13 bits per heavy atom. The van der Waals surface area contributed by atoms with Gasteiger partial charge in [0.05, 0.1) is 25.6 Å². The van der Waals surface area contributed by atoms with Crippen LogP contribution >= 0.6 is 0 Å². The minimum Gasteiger partial charge on any atom is -0.497 e. The van der Waals surface area contributed by atoms with E-state index in [1.54, 1.807) is 22.9 Å². The molecule has 1 heterocycles. The van der Waals surface area contributed by atoms with Crippen LogP contribution in [0.4, 0.5) is 5.82 Å². The summed E-state index contributed by atoms with van der Waals surface area (Å²) in [6.45, 7) is 7.52. The molecule has 0 bridgehead atoms. The molecule has 1 aromatic heterocycles. The number of anilines is 1. The molecular weight excluding hydrogens is 492 g/mol. The highest BCUT2D eigenvalue weighted by Crippen LogP contribution is 2.34. The molecule has 8 heteroatoms. The van der Waals surface area contributed by atoms with Gasteiger partial charge in [0.2, 0.25) is 5.91 Å². The molecule has 1 N–H and O–H groups in total. The van der Waals surface area contributed by atoms with E-state index < -0.39 is 0 Å². The lowest BCUT2D eigenvalue weighted by Gasteiger charge is -2.27. The van der Waals surface area contributed by atoms with Crippen LogP contribution in [0.5, 0.6) is 11.5 Å². The highest BCUT2D eigenvalue weighted by Gasteiger charge is 2.26. The van der Waals surface area contributed by atoms with Gasteiger partial charge in [-0.1, -0.05) is 48.5 Å². The molecule has 0 radical (unpaired) electrons. The average molecular weight is 527 g/mol. The van der Waals surface area contributed by atoms with Crippen LogP contribution < -0.4 is 14.8 Å². The van der Waals surface area contributed by atoms with E-state index in [1.165, 1.54) is 19.1 Å². The second kappa shape index (κ2) is 11.9. The normalized spacial score (nSPS) is 10.8. The lowest BCUT2D eigenvalue weighted by molar-refractivity contribution is -0.117. The van der Waals surface area contributed by atoms with Crippen molar-refractivity contribution in [2.24, 2.45) is 0 Å². The maximum atomic E-state index is 13.6. The second-order valence-electron chi connectivity index (χ2n) is 9.55. The third-order valence-corrected chi connectivity index (χ3v) is 6.52. The first-order valence-corrected chi connectivity index (χ1v) is 12.8. The van der Waals surface area contributed by atoms with Crippen LogP contribution in [-0.4, -0.2) is 53.3 Å². The quantitative estimate of drug-likeness (QED) is 0.304. The van der Waals surface area contributed by atoms with Crippen LogP contribution in [0.3, 0.4) is 0 Å². The van der Waals surface area contributed by atoms with E-state index in [2.05, 4.69) is 5.32 Å². The Labute approximate surface area is 229 Å². The Morgan fingerprint density at radius 1 is 0.923 bits per heavy atom. The summed E-state index contributed by atoms with van der Waals surface area (Å²) in [4.78, 5) is 28.6. The number of hydrogen-bond acceptors (Lipinski definition) is 5. The SMILES string of the molecule is COc1cc(OC)cc(C(=O)N(CC(=O)Nc2c(-c3ccccc3)c(C)nn2-c2ccccc2C)C(C)C)c1. The van der Waals surface area contributed by atoms with Gasteiger partial charge in [-0.2, -0.15) is 5.10 Å². The topological polar surface area (TPSA) is 85.7 Å². The molecular formula is C31H34N4O4. The number of carbonyl (C=O) groups is 2. The molecule has 0 aliphatic rings. The minimum atomic E-state index is -0.334. The molecule has 0 spiro atoms. The van der Waals surface area contributed by atoms with E-state index in [-0.39, 0.29) is 24.4 Å². The monoisotopic (exact) mass is 526 g/mol. The molecule has 0 unspecified atom stereocenters. The molecule has 2 amide bonds. The van der Waals surface area contributed by atoms with E-state index in [9.17, 15) is 9.59 Å². The van der Waals surface area contributed by atoms with Crippen molar-refractivity contribution in [2.45, 2.75) is 33.7 Å². The Kier molecular flexibility index (Phi) is 8.34. The molecule has 0 saturated heterocycles. The molecule has 0 fully saturated rings. The molecule has 0 saturated carbocycles. The number of rotatable bonds is 9. The number of methoxy groups -OCH3 is 2. The van der Waals surface area contributed by atoms with Crippen molar-refractivity contribution < 1.29 is 19.1 Å². The molecule has 8 nitrogen and oxygen atoms in total. The van der Waals surface area contributed by atoms with E-state index in [0.29, 0.717) is 22.9 Å². The number of carbonyl (C=O) groups excluding carboxylic acids is 2. The molecule has 0 aliphatic heterocycles. The molecule has 0 atom stereocenters. The van der Waals surface area contributed by atoms with Crippen LogP contribution in [0.25, 0.3) is 16.8 Å². The summed E-state index contributed by atoms with van der Waals surface area (Å²) in [5, 5.41) is 7.88. The molecule has 0 aliphatic carbocycles. The summed E-state index contributed by atoms with van der Waals surface area (Å²) in [5.74, 6) is 0.909. The van der Waals surface area contributed by atoms with Gasteiger partial charge in [-0.25, -0.2) is 4.68 Å². The van der Waals surface area contributed by atoms with Crippen molar-refractivity contribution >= 4 is 17.6 Å². The van der Waals surface area contributed by atoms with Crippen molar-refractivity contribution in [3.8, 4) is 28.3 Å². The first kappa shape index (κ1) is 27.4. The Balaban J connectivity index is 1.70. The zero-order chi connectivity index (χ0) is 28.1. The summed E-state index contributed by atoms with van der Waals surface area (Å²) in [5.41, 5.74) is 4.79. The van der Waals surface area contributed by atoms with Gasteiger partial charge in [0.25, 0.3) is 5.91 Å². The van der Waals surface area contributed by atoms with Gasteiger partial charge in [-0.05, 0) is 57.0 Å². The zero-order valence-electron chi connectivity index (χ0n) is 23.2. The lowest BCUT2D eigenvalue weighted by atomic mass is 10.1.